The van der Waals surface area contributed by atoms with Crippen molar-refractivity contribution in [3.8, 4) is 11.5 Å². The largest absolute Gasteiger partial charge is 0.496 e. The molecule has 0 aromatic heterocycles. The summed E-state index contributed by atoms with van der Waals surface area (Å²) in [5, 5.41) is 6.18. The van der Waals surface area contributed by atoms with Gasteiger partial charge in [-0.2, -0.15) is 0 Å². The maximum Gasteiger partial charge on any atom is 0.225 e. The second-order valence-corrected chi connectivity index (χ2v) is 6.59. The third-order valence-corrected chi connectivity index (χ3v) is 4.42. The van der Waals surface area contributed by atoms with Crippen molar-refractivity contribution in [1.82, 2.24) is 5.32 Å². The molecule has 1 amide bonds. The van der Waals surface area contributed by atoms with E-state index >= 15 is 0 Å². The van der Waals surface area contributed by atoms with Gasteiger partial charge in [0.1, 0.15) is 18.1 Å². The van der Waals surface area contributed by atoms with E-state index in [1.807, 2.05) is 78.9 Å². The molecule has 0 unspecified atom stereocenters. The monoisotopic (exact) mass is 390 g/mol. The molecular formula is C24H26N2O3. The average molecular weight is 390 g/mol. The predicted molar refractivity (Wildman–Crippen MR) is 115 cm³/mol. The Balaban J connectivity index is 1.38. The SMILES string of the molecule is COc1ccccc1CNCCC(=O)Nc1ccc(OCc2ccccc2)cc1. The van der Waals surface area contributed by atoms with E-state index in [9.17, 15) is 4.79 Å². The van der Waals surface area contributed by atoms with Crippen LogP contribution in [0.15, 0.2) is 78.9 Å². The fraction of sp³-hybridized carbons (Fsp3) is 0.208. The van der Waals surface area contributed by atoms with Gasteiger partial charge in [-0.05, 0) is 35.9 Å². The van der Waals surface area contributed by atoms with Crippen molar-refractivity contribution in [2.75, 3.05) is 19.0 Å². The molecule has 5 heteroatoms. The Hall–Kier alpha value is -3.31. The van der Waals surface area contributed by atoms with Gasteiger partial charge in [-0.15, -0.1) is 0 Å². The molecule has 5 nitrogen and oxygen atoms in total. The molecule has 0 aliphatic rings. The number of nitrogens with one attached hydrogen (secondary N) is 2. The lowest BCUT2D eigenvalue weighted by atomic mass is 10.2. The number of ether oxygens (including phenoxy) is 2. The summed E-state index contributed by atoms with van der Waals surface area (Å²) in [6, 6.07) is 25.3. The van der Waals surface area contributed by atoms with E-state index in [4.69, 9.17) is 9.47 Å². The second kappa shape index (κ2) is 10.9. The Kier molecular flexibility index (Phi) is 7.66. The van der Waals surface area contributed by atoms with E-state index in [0.29, 0.717) is 26.1 Å². The molecule has 0 saturated carbocycles. The molecule has 0 aliphatic carbocycles. The topological polar surface area (TPSA) is 59.6 Å². The minimum absolute atomic E-state index is 0.0320. The summed E-state index contributed by atoms with van der Waals surface area (Å²) in [5.74, 6) is 1.58. The number of carbonyl (C=O) groups is 1. The highest BCUT2D eigenvalue weighted by molar-refractivity contribution is 5.90. The van der Waals surface area contributed by atoms with Crippen molar-refractivity contribution >= 4 is 11.6 Å². The van der Waals surface area contributed by atoms with Crippen LogP contribution in [0.1, 0.15) is 17.5 Å². The first-order valence-electron chi connectivity index (χ1n) is 9.64. The minimum atomic E-state index is -0.0320. The standard InChI is InChI=1S/C24H26N2O3/c1-28-23-10-6-5-9-20(23)17-25-16-15-24(27)26-21-11-13-22(14-12-21)29-18-19-7-3-2-4-8-19/h2-14,25H,15-18H2,1H3,(H,26,27). The number of methoxy groups -OCH3 is 1. The lowest BCUT2D eigenvalue weighted by Crippen LogP contribution is -2.21. The molecule has 29 heavy (non-hydrogen) atoms. The zero-order valence-electron chi connectivity index (χ0n) is 16.6. The quantitative estimate of drug-likeness (QED) is 0.504. The lowest BCUT2D eigenvalue weighted by Gasteiger charge is -2.10. The summed E-state index contributed by atoms with van der Waals surface area (Å²) in [6.45, 7) is 1.76. The molecular weight excluding hydrogens is 364 g/mol. The van der Waals surface area contributed by atoms with Crippen LogP contribution in [0.25, 0.3) is 0 Å². The average Bonchev–Trinajstić information content (AvgIpc) is 2.77. The first-order chi connectivity index (χ1) is 14.2. The van der Waals surface area contributed by atoms with Crippen molar-refractivity contribution in [3.05, 3.63) is 90.0 Å². The Morgan fingerprint density at radius 2 is 1.62 bits per heavy atom. The lowest BCUT2D eigenvalue weighted by molar-refractivity contribution is -0.116. The van der Waals surface area contributed by atoms with Crippen molar-refractivity contribution in [2.24, 2.45) is 0 Å². The Morgan fingerprint density at radius 3 is 2.38 bits per heavy atom. The zero-order chi connectivity index (χ0) is 20.3. The van der Waals surface area contributed by atoms with Gasteiger partial charge >= 0.3 is 0 Å². The van der Waals surface area contributed by atoms with Gasteiger partial charge in [-0.3, -0.25) is 4.79 Å². The Bertz CT molecular complexity index is 896. The molecule has 0 aliphatic heterocycles. The summed E-state index contributed by atoms with van der Waals surface area (Å²) in [5.41, 5.74) is 2.94. The highest BCUT2D eigenvalue weighted by Crippen LogP contribution is 2.18. The van der Waals surface area contributed by atoms with Gasteiger partial charge in [0, 0.05) is 30.8 Å². The van der Waals surface area contributed by atoms with Crippen LogP contribution in [-0.4, -0.2) is 19.6 Å². The summed E-state index contributed by atoms with van der Waals surface area (Å²) < 4.78 is 11.1. The van der Waals surface area contributed by atoms with Gasteiger partial charge in [0.2, 0.25) is 5.91 Å². The van der Waals surface area contributed by atoms with Crippen LogP contribution in [-0.2, 0) is 17.9 Å². The third kappa shape index (κ3) is 6.66. The number of benzene rings is 3. The zero-order valence-corrected chi connectivity index (χ0v) is 16.6. The van der Waals surface area contributed by atoms with E-state index in [-0.39, 0.29) is 5.91 Å². The molecule has 3 aromatic rings. The van der Waals surface area contributed by atoms with E-state index in [0.717, 1.165) is 28.3 Å². The fourth-order valence-electron chi connectivity index (χ4n) is 2.87. The maximum absolute atomic E-state index is 12.1. The van der Waals surface area contributed by atoms with Crippen LogP contribution < -0.4 is 20.1 Å². The van der Waals surface area contributed by atoms with Gasteiger partial charge in [-0.25, -0.2) is 0 Å². The molecule has 0 heterocycles. The highest BCUT2D eigenvalue weighted by Gasteiger charge is 2.05. The number of carbonyl (C=O) groups excluding carboxylic acids is 1. The maximum atomic E-state index is 12.1. The highest BCUT2D eigenvalue weighted by atomic mass is 16.5. The van der Waals surface area contributed by atoms with Gasteiger partial charge in [0.05, 0.1) is 7.11 Å². The molecule has 0 bridgehead atoms. The summed E-state index contributed by atoms with van der Waals surface area (Å²) in [6.07, 6.45) is 0.390. The Morgan fingerprint density at radius 1 is 0.897 bits per heavy atom. The summed E-state index contributed by atoms with van der Waals surface area (Å²) in [7, 11) is 1.66. The van der Waals surface area contributed by atoms with E-state index in [1.54, 1.807) is 7.11 Å². The Labute approximate surface area is 171 Å². The van der Waals surface area contributed by atoms with E-state index in [2.05, 4.69) is 10.6 Å². The number of anilines is 1. The number of hydrogen-bond acceptors (Lipinski definition) is 4. The van der Waals surface area contributed by atoms with Gasteiger partial charge in [-0.1, -0.05) is 48.5 Å². The second-order valence-electron chi connectivity index (χ2n) is 6.59. The molecule has 0 atom stereocenters. The first-order valence-corrected chi connectivity index (χ1v) is 9.64. The van der Waals surface area contributed by atoms with Crippen LogP contribution in [0.5, 0.6) is 11.5 Å². The molecule has 0 radical (unpaired) electrons. The van der Waals surface area contributed by atoms with Crippen molar-refractivity contribution in [3.63, 3.8) is 0 Å². The van der Waals surface area contributed by atoms with Gasteiger partial charge < -0.3 is 20.1 Å². The smallest absolute Gasteiger partial charge is 0.225 e. The number of amides is 1. The van der Waals surface area contributed by atoms with Crippen LogP contribution in [0.4, 0.5) is 5.69 Å². The number of rotatable bonds is 10. The molecule has 0 fully saturated rings. The van der Waals surface area contributed by atoms with Gasteiger partial charge in [0.15, 0.2) is 0 Å². The van der Waals surface area contributed by atoms with Crippen LogP contribution in [0.2, 0.25) is 0 Å². The number of para-hydroxylation sites is 1. The first kappa shape index (κ1) is 20.4. The molecule has 2 N–H and O–H groups in total. The molecule has 150 valence electrons. The van der Waals surface area contributed by atoms with Crippen LogP contribution in [0.3, 0.4) is 0 Å². The summed E-state index contributed by atoms with van der Waals surface area (Å²) >= 11 is 0. The van der Waals surface area contributed by atoms with E-state index in [1.165, 1.54) is 0 Å². The van der Waals surface area contributed by atoms with Crippen LogP contribution >= 0.6 is 0 Å². The molecule has 3 rings (SSSR count). The van der Waals surface area contributed by atoms with Crippen LogP contribution in [0, 0.1) is 0 Å². The van der Waals surface area contributed by atoms with Crippen molar-refractivity contribution in [1.29, 1.82) is 0 Å². The normalized spacial score (nSPS) is 10.4. The fourth-order valence-corrected chi connectivity index (χ4v) is 2.87. The van der Waals surface area contributed by atoms with Gasteiger partial charge in [0.25, 0.3) is 0 Å². The molecule has 3 aromatic carbocycles. The third-order valence-electron chi connectivity index (χ3n) is 4.42. The number of hydrogen-bond donors (Lipinski definition) is 2. The van der Waals surface area contributed by atoms with Crippen molar-refractivity contribution in [2.45, 2.75) is 19.6 Å². The van der Waals surface area contributed by atoms with Crippen molar-refractivity contribution < 1.29 is 14.3 Å². The van der Waals surface area contributed by atoms with E-state index < -0.39 is 0 Å². The predicted octanol–water partition coefficient (Wildman–Crippen LogP) is 4.39. The molecule has 0 saturated heterocycles. The summed E-state index contributed by atoms with van der Waals surface area (Å²) in [4.78, 5) is 12.1. The molecule has 0 spiro atoms. The minimum Gasteiger partial charge on any atom is -0.496 e.